The fourth-order valence-electron chi connectivity index (χ4n) is 3.07. The van der Waals surface area contributed by atoms with E-state index in [0.29, 0.717) is 12.1 Å². The highest BCUT2D eigenvalue weighted by Crippen LogP contribution is 2.29. The van der Waals surface area contributed by atoms with Gasteiger partial charge in [0, 0.05) is 12.1 Å². The van der Waals surface area contributed by atoms with Gasteiger partial charge in [0.05, 0.1) is 6.10 Å². The van der Waals surface area contributed by atoms with Crippen LogP contribution in [0.4, 0.5) is 0 Å². The van der Waals surface area contributed by atoms with E-state index in [0.717, 1.165) is 18.8 Å². The third kappa shape index (κ3) is 2.29. The van der Waals surface area contributed by atoms with Gasteiger partial charge in [-0.15, -0.1) is 0 Å². The molecule has 0 aliphatic heterocycles. The molecule has 0 aromatic heterocycles. The maximum absolute atomic E-state index is 9.72. The number of hydrogen-bond acceptors (Lipinski definition) is 2. The van der Waals surface area contributed by atoms with Crippen molar-refractivity contribution in [2.45, 2.75) is 70.1 Å². The summed E-state index contributed by atoms with van der Waals surface area (Å²) in [5.41, 5.74) is 0. The Balaban J connectivity index is 1.78. The highest BCUT2D eigenvalue weighted by Gasteiger charge is 2.29. The van der Waals surface area contributed by atoms with Gasteiger partial charge in [-0.3, -0.25) is 0 Å². The quantitative estimate of drug-likeness (QED) is 0.726. The highest BCUT2D eigenvalue weighted by atomic mass is 16.3. The third-order valence-electron chi connectivity index (χ3n) is 4.06. The van der Waals surface area contributed by atoms with Crippen LogP contribution < -0.4 is 5.32 Å². The second-order valence-corrected chi connectivity index (χ2v) is 5.10. The van der Waals surface area contributed by atoms with Crippen LogP contribution in [0.15, 0.2) is 0 Å². The van der Waals surface area contributed by atoms with Crippen LogP contribution in [0.3, 0.4) is 0 Å². The normalized spacial score (nSPS) is 36.4. The molecule has 0 heterocycles. The molecule has 2 saturated carbocycles. The molecule has 82 valence electrons. The molecule has 2 rings (SSSR count). The number of rotatable bonds is 3. The Bertz CT molecular complexity index is 177. The molecule has 2 nitrogen and oxygen atoms in total. The maximum atomic E-state index is 9.72. The summed E-state index contributed by atoms with van der Waals surface area (Å²) in [7, 11) is 0. The first kappa shape index (κ1) is 10.4. The second kappa shape index (κ2) is 4.63. The molecule has 0 unspecified atom stereocenters. The second-order valence-electron chi connectivity index (χ2n) is 5.10. The maximum Gasteiger partial charge on any atom is 0.0693 e. The topological polar surface area (TPSA) is 32.3 Å². The van der Waals surface area contributed by atoms with Gasteiger partial charge in [0.1, 0.15) is 0 Å². The van der Waals surface area contributed by atoms with Crippen molar-refractivity contribution >= 4 is 0 Å². The molecule has 0 aromatic rings. The first-order valence-corrected chi connectivity index (χ1v) is 6.21. The van der Waals surface area contributed by atoms with Gasteiger partial charge in [0.25, 0.3) is 0 Å². The zero-order valence-corrected chi connectivity index (χ0v) is 9.21. The van der Waals surface area contributed by atoms with Gasteiger partial charge in [-0.1, -0.05) is 12.8 Å². The molecule has 0 bridgehead atoms. The van der Waals surface area contributed by atoms with Crippen molar-refractivity contribution in [3.8, 4) is 0 Å². The zero-order valence-electron chi connectivity index (χ0n) is 9.21. The molecule has 2 aliphatic rings. The van der Waals surface area contributed by atoms with Gasteiger partial charge < -0.3 is 10.4 Å². The van der Waals surface area contributed by atoms with E-state index >= 15 is 0 Å². The van der Waals surface area contributed by atoms with Gasteiger partial charge in [0.2, 0.25) is 0 Å². The predicted molar refractivity (Wildman–Crippen MR) is 58.2 cm³/mol. The summed E-state index contributed by atoms with van der Waals surface area (Å²) in [6.07, 6.45) is 8.85. The van der Waals surface area contributed by atoms with Crippen molar-refractivity contribution in [1.29, 1.82) is 0 Å². The van der Waals surface area contributed by atoms with Crippen molar-refractivity contribution in [3.63, 3.8) is 0 Å². The lowest BCUT2D eigenvalue weighted by molar-refractivity contribution is 0.138. The minimum Gasteiger partial charge on any atom is -0.392 e. The molecule has 0 aromatic carbocycles. The Morgan fingerprint density at radius 1 is 1.07 bits per heavy atom. The zero-order chi connectivity index (χ0) is 9.97. The Labute approximate surface area is 87.1 Å². The highest BCUT2D eigenvalue weighted by molar-refractivity contribution is 4.87. The predicted octanol–water partition coefficient (Wildman–Crippen LogP) is 2.07. The van der Waals surface area contributed by atoms with E-state index in [9.17, 15) is 5.11 Å². The lowest BCUT2D eigenvalue weighted by Crippen LogP contribution is -2.44. The standard InChI is InChI=1S/C12H23NO/c1-9(10-5-2-3-6-10)13-11-7-4-8-12(11)14/h9-14H,2-8H2,1H3/t9-,11+,12+/m0/s1. The average molecular weight is 197 g/mol. The number of aliphatic hydroxyl groups is 1. The molecular weight excluding hydrogens is 174 g/mol. The largest absolute Gasteiger partial charge is 0.392 e. The summed E-state index contributed by atoms with van der Waals surface area (Å²) in [6, 6.07) is 0.987. The van der Waals surface area contributed by atoms with Crippen LogP contribution in [0, 0.1) is 5.92 Å². The SMILES string of the molecule is C[C@H](N[C@@H]1CCC[C@H]1O)C1CCCC1. The van der Waals surface area contributed by atoms with Gasteiger partial charge in [-0.25, -0.2) is 0 Å². The van der Waals surface area contributed by atoms with Crippen LogP contribution in [0.2, 0.25) is 0 Å². The minimum absolute atomic E-state index is 0.0844. The van der Waals surface area contributed by atoms with E-state index in [1.54, 1.807) is 0 Å². The van der Waals surface area contributed by atoms with E-state index in [1.165, 1.54) is 32.1 Å². The van der Waals surface area contributed by atoms with Crippen LogP contribution in [-0.2, 0) is 0 Å². The molecule has 0 amide bonds. The van der Waals surface area contributed by atoms with Crippen molar-refractivity contribution in [1.82, 2.24) is 5.32 Å². The Hall–Kier alpha value is -0.0800. The number of nitrogens with one attached hydrogen (secondary N) is 1. The Morgan fingerprint density at radius 3 is 2.36 bits per heavy atom. The van der Waals surface area contributed by atoms with Crippen LogP contribution in [0.25, 0.3) is 0 Å². The lowest BCUT2D eigenvalue weighted by atomic mass is 9.98. The molecule has 2 heteroatoms. The Morgan fingerprint density at radius 2 is 1.79 bits per heavy atom. The third-order valence-corrected chi connectivity index (χ3v) is 4.06. The van der Waals surface area contributed by atoms with E-state index < -0.39 is 0 Å². The van der Waals surface area contributed by atoms with Crippen molar-refractivity contribution < 1.29 is 5.11 Å². The summed E-state index contributed by atoms with van der Waals surface area (Å²) in [6.45, 7) is 2.29. The summed E-state index contributed by atoms with van der Waals surface area (Å²) >= 11 is 0. The monoisotopic (exact) mass is 197 g/mol. The van der Waals surface area contributed by atoms with Crippen LogP contribution >= 0.6 is 0 Å². The Kier molecular flexibility index (Phi) is 3.45. The van der Waals surface area contributed by atoms with Gasteiger partial charge in [-0.05, 0) is 44.9 Å². The van der Waals surface area contributed by atoms with Crippen LogP contribution in [-0.4, -0.2) is 23.3 Å². The number of aliphatic hydroxyl groups excluding tert-OH is 1. The van der Waals surface area contributed by atoms with Crippen molar-refractivity contribution in [2.24, 2.45) is 5.92 Å². The average Bonchev–Trinajstić information content (AvgIpc) is 2.77. The summed E-state index contributed by atoms with van der Waals surface area (Å²) in [5.74, 6) is 0.864. The number of hydrogen-bond donors (Lipinski definition) is 2. The molecule has 14 heavy (non-hydrogen) atoms. The molecule has 2 N–H and O–H groups in total. The molecule has 0 radical (unpaired) electrons. The molecule has 2 fully saturated rings. The van der Waals surface area contributed by atoms with Crippen LogP contribution in [0.1, 0.15) is 51.9 Å². The molecule has 0 spiro atoms. The van der Waals surface area contributed by atoms with E-state index in [1.807, 2.05) is 0 Å². The van der Waals surface area contributed by atoms with Crippen molar-refractivity contribution in [3.05, 3.63) is 0 Å². The van der Waals surface area contributed by atoms with E-state index in [2.05, 4.69) is 12.2 Å². The molecule has 3 atom stereocenters. The summed E-state index contributed by atoms with van der Waals surface area (Å²) in [5, 5.41) is 13.3. The summed E-state index contributed by atoms with van der Waals surface area (Å²) < 4.78 is 0. The lowest BCUT2D eigenvalue weighted by Gasteiger charge is -2.26. The van der Waals surface area contributed by atoms with Gasteiger partial charge in [0.15, 0.2) is 0 Å². The first-order valence-electron chi connectivity index (χ1n) is 6.21. The smallest absolute Gasteiger partial charge is 0.0693 e. The molecule has 2 aliphatic carbocycles. The van der Waals surface area contributed by atoms with Crippen LogP contribution in [0.5, 0.6) is 0 Å². The van der Waals surface area contributed by atoms with Gasteiger partial charge in [-0.2, -0.15) is 0 Å². The fourth-order valence-corrected chi connectivity index (χ4v) is 3.07. The van der Waals surface area contributed by atoms with Gasteiger partial charge >= 0.3 is 0 Å². The van der Waals surface area contributed by atoms with E-state index in [4.69, 9.17) is 0 Å². The minimum atomic E-state index is -0.0844. The molecule has 0 saturated heterocycles. The molecular formula is C12H23NO. The fraction of sp³-hybridized carbons (Fsp3) is 1.00. The summed E-state index contributed by atoms with van der Waals surface area (Å²) in [4.78, 5) is 0. The first-order chi connectivity index (χ1) is 6.77. The van der Waals surface area contributed by atoms with E-state index in [-0.39, 0.29) is 6.10 Å². The van der Waals surface area contributed by atoms with Crippen molar-refractivity contribution in [2.75, 3.05) is 0 Å².